The smallest absolute Gasteiger partial charge is 0.0862 e. The summed E-state index contributed by atoms with van der Waals surface area (Å²) in [5, 5.41) is 14.2. The highest BCUT2D eigenvalue weighted by Gasteiger charge is 2.19. The first-order valence-corrected chi connectivity index (χ1v) is 7.58. The minimum atomic E-state index is -0.405. The SMILES string of the molecule is CN(C)CCN1CCN(CC(O)Cn2cc(N)cn2)CC1. The normalized spacial score (nSPS) is 19.2. The molecule has 0 aromatic carbocycles. The zero-order valence-corrected chi connectivity index (χ0v) is 13.1. The first-order chi connectivity index (χ1) is 10.0. The summed E-state index contributed by atoms with van der Waals surface area (Å²) in [5.41, 5.74) is 6.26. The minimum absolute atomic E-state index is 0.405. The number of hydrogen-bond acceptors (Lipinski definition) is 6. The van der Waals surface area contributed by atoms with Crippen LogP contribution in [0, 0.1) is 0 Å². The van der Waals surface area contributed by atoms with Crippen molar-refractivity contribution < 1.29 is 5.11 Å². The molecule has 1 aliphatic rings. The molecule has 0 amide bonds. The number of nitrogen functional groups attached to an aromatic ring is 1. The molecule has 1 aliphatic heterocycles. The van der Waals surface area contributed by atoms with Gasteiger partial charge in [-0.05, 0) is 14.1 Å². The molecule has 120 valence electrons. The van der Waals surface area contributed by atoms with Crippen molar-refractivity contribution in [3.63, 3.8) is 0 Å². The second-order valence-electron chi connectivity index (χ2n) is 6.10. The summed E-state index contributed by atoms with van der Waals surface area (Å²) in [6.07, 6.45) is 2.95. The van der Waals surface area contributed by atoms with Gasteiger partial charge in [0.2, 0.25) is 0 Å². The van der Waals surface area contributed by atoms with Crippen LogP contribution in [0.3, 0.4) is 0 Å². The minimum Gasteiger partial charge on any atom is -0.396 e. The topological polar surface area (TPSA) is 73.8 Å². The van der Waals surface area contributed by atoms with Gasteiger partial charge in [-0.2, -0.15) is 5.10 Å². The lowest BCUT2D eigenvalue weighted by molar-refractivity contribution is 0.0610. The molecule has 0 saturated carbocycles. The van der Waals surface area contributed by atoms with Gasteiger partial charge < -0.3 is 15.7 Å². The number of hydrogen-bond donors (Lipinski definition) is 2. The highest BCUT2D eigenvalue weighted by molar-refractivity contribution is 5.30. The van der Waals surface area contributed by atoms with Crippen molar-refractivity contribution in [2.24, 2.45) is 0 Å². The fourth-order valence-corrected chi connectivity index (χ4v) is 2.59. The zero-order chi connectivity index (χ0) is 15.2. The molecule has 7 heteroatoms. The maximum Gasteiger partial charge on any atom is 0.0862 e. The molecule has 0 spiro atoms. The number of nitrogens with zero attached hydrogens (tertiary/aromatic N) is 5. The second-order valence-corrected chi connectivity index (χ2v) is 6.10. The Morgan fingerprint density at radius 1 is 1.24 bits per heavy atom. The third-order valence-corrected chi connectivity index (χ3v) is 3.85. The van der Waals surface area contributed by atoms with Gasteiger partial charge >= 0.3 is 0 Å². The molecule has 0 aliphatic carbocycles. The van der Waals surface area contributed by atoms with Crippen molar-refractivity contribution in [2.45, 2.75) is 12.6 Å². The molecule has 0 radical (unpaired) electrons. The van der Waals surface area contributed by atoms with Crippen molar-refractivity contribution in [3.05, 3.63) is 12.4 Å². The van der Waals surface area contributed by atoms with Crippen LogP contribution in [0.1, 0.15) is 0 Å². The predicted octanol–water partition coefficient (Wildman–Crippen LogP) is -0.995. The monoisotopic (exact) mass is 296 g/mol. The van der Waals surface area contributed by atoms with E-state index in [2.05, 4.69) is 33.9 Å². The van der Waals surface area contributed by atoms with E-state index in [1.165, 1.54) is 0 Å². The highest BCUT2D eigenvalue weighted by atomic mass is 16.3. The van der Waals surface area contributed by atoms with Gasteiger partial charge in [-0.1, -0.05) is 0 Å². The number of aromatic nitrogens is 2. The van der Waals surface area contributed by atoms with E-state index in [1.54, 1.807) is 17.1 Å². The third-order valence-electron chi connectivity index (χ3n) is 3.85. The molecule has 7 nitrogen and oxygen atoms in total. The number of aliphatic hydroxyl groups is 1. The third kappa shape index (κ3) is 5.62. The van der Waals surface area contributed by atoms with Gasteiger partial charge in [0.1, 0.15) is 0 Å². The van der Waals surface area contributed by atoms with Crippen LogP contribution in [0.25, 0.3) is 0 Å². The van der Waals surface area contributed by atoms with Gasteiger partial charge in [-0.15, -0.1) is 0 Å². The van der Waals surface area contributed by atoms with Crippen molar-refractivity contribution in [3.8, 4) is 0 Å². The van der Waals surface area contributed by atoms with Crippen LogP contribution in [0.5, 0.6) is 0 Å². The van der Waals surface area contributed by atoms with Crippen LogP contribution in [-0.4, -0.2) is 95.6 Å². The van der Waals surface area contributed by atoms with Crippen molar-refractivity contribution >= 4 is 5.69 Å². The average Bonchev–Trinajstić information content (AvgIpc) is 2.83. The maximum absolute atomic E-state index is 10.1. The van der Waals surface area contributed by atoms with Crippen LogP contribution in [0.2, 0.25) is 0 Å². The summed E-state index contributed by atoms with van der Waals surface area (Å²) in [5.74, 6) is 0. The molecular weight excluding hydrogens is 268 g/mol. The summed E-state index contributed by atoms with van der Waals surface area (Å²) in [7, 11) is 4.21. The van der Waals surface area contributed by atoms with Gasteiger partial charge in [0.25, 0.3) is 0 Å². The molecule has 1 fully saturated rings. The number of rotatable bonds is 7. The van der Waals surface area contributed by atoms with E-state index in [4.69, 9.17) is 5.73 Å². The first-order valence-electron chi connectivity index (χ1n) is 7.58. The summed E-state index contributed by atoms with van der Waals surface area (Å²) in [6.45, 7) is 7.61. The van der Waals surface area contributed by atoms with E-state index in [0.29, 0.717) is 18.8 Å². The van der Waals surface area contributed by atoms with Gasteiger partial charge in [0.05, 0.1) is 24.5 Å². The van der Waals surface area contributed by atoms with Crippen LogP contribution in [0.15, 0.2) is 12.4 Å². The number of anilines is 1. The predicted molar refractivity (Wildman–Crippen MR) is 84.1 cm³/mol. The quantitative estimate of drug-likeness (QED) is 0.673. The largest absolute Gasteiger partial charge is 0.396 e. The fraction of sp³-hybridized carbons (Fsp3) is 0.786. The molecular formula is C14H28N6O. The Morgan fingerprint density at radius 3 is 2.48 bits per heavy atom. The molecule has 0 bridgehead atoms. The molecule has 2 heterocycles. The molecule has 1 atom stereocenters. The molecule has 3 N–H and O–H groups in total. The Balaban J connectivity index is 1.66. The highest BCUT2D eigenvalue weighted by Crippen LogP contribution is 2.05. The van der Waals surface area contributed by atoms with Crippen LogP contribution < -0.4 is 5.73 Å². The van der Waals surface area contributed by atoms with Crippen molar-refractivity contribution in [1.82, 2.24) is 24.5 Å². The summed E-state index contributed by atoms with van der Waals surface area (Å²) in [4.78, 5) is 7.02. The molecule has 21 heavy (non-hydrogen) atoms. The van der Waals surface area contributed by atoms with E-state index >= 15 is 0 Å². The Bertz CT molecular complexity index is 413. The van der Waals surface area contributed by atoms with Gasteiger partial charge in [-0.25, -0.2) is 0 Å². The second kappa shape index (κ2) is 7.74. The molecule has 1 unspecified atom stereocenters. The van der Waals surface area contributed by atoms with E-state index in [9.17, 15) is 5.11 Å². The molecule has 1 aromatic rings. The Labute approximate surface area is 126 Å². The first kappa shape index (κ1) is 16.2. The Kier molecular flexibility index (Phi) is 5.98. The van der Waals surface area contributed by atoms with Crippen LogP contribution >= 0.6 is 0 Å². The molecule has 1 aromatic heterocycles. The van der Waals surface area contributed by atoms with Crippen LogP contribution in [-0.2, 0) is 6.54 Å². The summed E-state index contributed by atoms with van der Waals surface area (Å²) >= 11 is 0. The van der Waals surface area contributed by atoms with Crippen LogP contribution in [0.4, 0.5) is 5.69 Å². The van der Waals surface area contributed by atoms with E-state index < -0.39 is 6.10 Å². The van der Waals surface area contributed by atoms with Crippen molar-refractivity contribution in [2.75, 3.05) is 65.6 Å². The lowest BCUT2D eigenvalue weighted by Crippen LogP contribution is -2.50. The maximum atomic E-state index is 10.1. The molecule has 2 rings (SSSR count). The fourth-order valence-electron chi connectivity index (χ4n) is 2.59. The Morgan fingerprint density at radius 2 is 1.90 bits per heavy atom. The average molecular weight is 296 g/mol. The van der Waals surface area contributed by atoms with E-state index in [-0.39, 0.29) is 0 Å². The van der Waals surface area contributed by atoms with Gasteiger partial charge in [-0.3, -0.25) is 14.5 Å². The van der Waals surface area contributed by atoms with E-state index in [1.807, 2.05) is 0 Å². The lowest BCUT2D eigenvalue weighted by atomic mass is 10.2. The standard InChI is InChI=1S/C14H28N6O/c1-17(2)3-4-18-5-7-19(8-6-18)11-14(21)12-20-10-13(15)9-16-20/h9-10,14,21H,3-8,11-12,15H2,1-2H3. The number of β-amino-alcohol motifs (C(OH)–C–C–N with tert-alkyl or cyclic N) is 1. The summed E-state index contributed by atoms with van der Waals surface area (Å²) in [6, 6.07) is 0. The number of likely N-dealkylation sites (N-methyl/N-ethyl adjacent to an activating group) is 1. The summed E-state index contributed by atoms with van der Waals surface area (Å²) < 4.78 is 1.70. The number of aliphatic hydroxyl groups excluding tert-OH is 1. The zero-order valence-electron chi connectivity index (χ0n) is 13.1. The number of piperazine rings is 1. The Hall–Kier alpha value is -1.15. The van der Waals surface area contributed by atoms with Crippen molar-refractivity contribution in [1.29, 1.82) is 0 Å². The molecule has 1 saturated heterocycles. The van der Waals surface area contributed by atoms with E-state index in [0.717, 1.165) is 39.3 Å². The lowest BCUT2D eigenvalue weighted by Gasteiger charge is -2.36. The van der Waals surface area contributed by atoms with Gasteiger partial charge in [0.15, 0.2) is 0 Å². The van der Waals surface area contributed by atoms with Gasteiger partial charge in [0, 0.05) is 52.0 Å². The number of nitrogens with two attached hydrogens (primary N) is 1.